The highest BCUT2D eigenvalue weighted by Crippen LogP contribution is 2.20. The van der Waals surface area contributed by atoms with Crippen molar-refractivity contribution in [3.63, 3.8) is 0 Å². The molecule has 0 atom stereocenters. The Morgan fingerprint density at radius 2 is 1.67 bits per heavy atom. The molecule has 0 fully saturated rings. The molecule has 0 unspecified atom stereocenters. The average Bonchev–Trinajstić information content (AvgIpc) is 2.37. The van der Waals surface area contributed by atoms with E-state index in [2.05, 4.69) is 30.4 Å². The van der Waals surface area contributed by atoms with E-state index in [9.17, 15) is 4.79 Å². The Bertz CT molecular complexity index is 599. The Hall–Kier alpha value is -1.67. The lowest BCUT2D eigenvalue weighted by atomic mass is 9.92. The molecule has 2 heteroatoms. The molecule has 94 valence electrons. The van der Waals surface area contributed by atoms with Gasteiger partial charge in [0.25, 0.3) is 0 Å². The van der Waals surface area contributed by atoms with Crippen LogP contribution in [0.15, 0.2) is 36.4 Å². The van der Waals surface area contributed by atoms with Gasteiger partial charge in [0, 0.05) is 5.56 Å². The molecule has 0 aromatic heterocycles. The number of nitrogens with one attached hydrogen (secondary N) is 1. The molecule has 0 radical (unpaired) electrons. The summed E-state index contributed by atoms with van der Waals surface area (Å²) < 4.78 is 0. The number of carbonyl (C=O) groups is 1. The third kappa shape index (κ3) is 2.29. The normalized spacial score (nSPS) is 11.8. The quantitative estimate of drug-likeness (QED) is 0.835. The summed E-state index contributed by atoms with van der Waals surface area (Å²) in [7, 11) is 1.81. The fraction of sp³-hybridized carbons (Fsp3) is 0.312. The highest BCUT2D eigenvalue weighted by atomic mass is 16.1. The predicted molar refractivity (Wildman–Crippen MR) is 76.2 cm³/mol. The Morgan fingerprint density at radius 1 is 1.06 bits per heavy atom. The van der Waals surface area contributed by atoms with Crippen molar-refractivity contribution in [1.82, 2.24) is 5.32 Å². The van der Waals surface area contributed by atoms with Gasteiger partial charge in [-0.2, -0.15) is 0 Å². The maximum atomic E-state index is 12.3. The van der Waals surface area contributed by atoms with Gasteiger partial charge in [-0.25, -0.2) is 0 Å². The van der Waals surface area contributed by atoms with Crippen LogP contribution in [-0.2, 0) is 0 Å². The van der Waals surface area contributed by atoms with Crippen molar-refractivity contribution in [2.45, 2.75) is 26.3 Å². The maximum absolute atomic E-state index is 12.3. The van der Waals surface area contributed by atoms with E-state index in [0.717, 1.165) is 10.9 Å². The van der Waals surface area contributed by atoms with Gasteiger partial charge < -0.3 is 5.32 Å². The SMILES string of the molecule is CNC(C)(C)C(=O)c1ccc2cc(C)ccc2c1. The van der Waals surface area contributed by atoms with Crippen molar-refractivity contribution in [3.8, 4) is 0 Å². The molecule has 0 spiro atoms. The van der Waals surface area contributed by atoms with Gasteiger partial charge in [0.05, 0.1) is 5.54 Å². The van der Waals surface area contributed by atoms with E-state index in [4.69, 9.17) is 0 Å². The van der Waals surface area contributed by atoms with Gasteiger partial charge in [-0.3, -0.25) is 4.79 Å². The first-order valence-electron chi connectivity index (χ1n) is 6.18. The minimum absolute atomic E-state index is 0.118. The molecule has 0 aliphatic carbocycles. The lowest BCUT2D eigenvalue weighted by Crippen LogP contribution is -2.44. The van der Waals surface area contributed by atoms with E-state index >= 15 is 0 Å². The first-order chi connectivity index (χ1) is 8.44. The molecule has 0 aliphatic heterocycles. The predicted octanol–water partition coefficient (Wildman–Crippen LogP) is 3.33. The second kappa shape index (κ2) is 4.54. The van der Waals surface area contributed by atoms with Crippen LogP contribution in [0.5, 0.6) is 0 Å². The molecule has 0 bridgehead atoms. The van der Waals surface area contributed by atoms with Crippen molar-refractivity contribution in [2.24, 2.45) is 0 Å². The molecule has 0 saturated heterocycles. The molecule has 0 amide bonds. The standard InChI is InChI=1S/C16H19NO/c1-11-5-6-13-10-14(8-7-12(13)9-11)15(18)16(2,3)17-4/h5-10,17H,1-4H3. The van der Waals surface area contributed by atoms with E-state index in [0.29, 0.717) is 0 Å². The van der Waals surface area contributed by atoms with Gasteiger partial charge in [-0.1, -0.05) is 35.9 Å². The summed E-state index contributed by atoms with van der Waals surface area (Å²) in [4.78, 5) is 12.3. The number of fused-ring (bicyclic) bond motifs is 1. The zero-order valence-electron chi connectivity index (χ0n) is 11.4. The van der Waals surface area contributed by atoms with E-state index in [1.54, 1.807) is 0 Å². The zero-order valence-corrected chi connectivity index (χ0v) is 11.4. The van der Waals surface area contributed by atoms with Crippen LogP contribution in [0.1, 0.15) is 29.8 Å². The highest BCUT2D eigenvalue weighted by Gasteiger charge is 2.26. The summed E-state index contributed by atoms with van der Waals surface area (Å²) in [6.45, 7) is 5.87. The number of likely N-dealkylation sites (N-methyl/N-ethyl adjacent to an activating group) is 1. The zero-order chi connectivity index (χ0) is 13.3. The molecule has 2 rings (SSSR count). The Balaban J connectivity index is 2.48. The molecular formula is C16H19NO. The van der Waals surface area contributed by atoms with Crippen molar-refractivity contribution in [2.75, 3.05) is 7.05 Å². The summed E-state index contributed by atoms with van der Waals surface area (Å²) >= 11 is 0. The average molecular weight is 241 g/mol. The topological polar surface area (TPSA) is 29.1 Å². The number of rotatable bonds is 3. The molecule has 2 nitrogen and oxygen atoms in total. The number of aryl methyl sites for hydroxylation is 1. The Kier molecular flexibility index (Phi) is 3.22. The van der Waals surface area contributed by atoms with Crippen LogP contribution in [0.25, 0.3) is 10.8 Å². The van der Waals surface area contributed by atoms with Gasteiger partial charge in [0.15, 0.2) is 5.78 Å². The van der Waals surface area contributed by atoms with Gasteiger partial charge >= 0.3 is 0 Å². The molecule has 18 heavy (non-hydrogen) atoms. The van der Waals surface area contributed by atoms with Crippen LogP contribution in [-0.4, -0.2) is 18.4 Å². The van der Waals surface area contributed by atoms with Crippen molar-refractivity contribution in [1.29, 1.82) is 0 Å². The molecule has 0 aliphatic rings. The highest BCUT2D eigenvalue weighted by molar-refractivity contribution is 6.05. The first kappa shape index (κ1) is 12.8. The summed E-state index contributed by atoms with van der Waals surface area (Å²) in [5, 5.41) is 5.33. The Labute approximate surface area is 108 Å². The minimum atomic E-state index is -0.529. The number of benzene rings is 2. The monoisotopic (exact) mass is 241 g/mol. The van der Waals surface area contributed by atoms with E-state index in [-0.39, 0.29) is 5.78 Å². The Morgan fingerprint density at radius 3 is 2.33 bits per heavy atom. The smallest absolute Gasteiger partial charge is 0.182 e. The van der Waals surface area contributed by atoms with Crippen LogP contribution in [0.2, 0.25) is 0 Å². The second-order valence-electron chi connectivity index (χ2n) is 5.27. The number of ketones is 1. The molecule has 2 aromatic rings. The summed E-state index contributed by atoms with van der Waals surface area (Å²) in [5.41, 5.74) is 1.46. The molecule has 0 heterocycles. The van der Waals surface area contributed by atoms with Crippen LogP contribution >= 0.6 is 0 Å². The molecular weight excluding hydrogens is 222 g/mol. The number of hydrogen-bond acceptors (Lipinski definition) is 2. The van der Waals surface area contributed by atoms with E-state index in [1.165, 1.54) is 10.9 Å². The van der Waals surface area contributed by atoms with Gasteiger partial charge in [-0.15, -0.1) is 0 Å². The fourth-order valence-electron chi connectivity index (χ4n) is 1.98. The van der Waals surface area contributed by atoms with Gasteiger partial charge in [0.1, 0.15) is 0 Å². The fourth-order valence-corrected chi connectivity index (χ4v) is 1.98. The number of Topliss-reactive ketones (excluding diaryl/α,β-unsaturated/α-hetero) is 1. The van der Waals surface area contributed by atoms with Crippen LogP contribution in [0.4, 0.5) is 0 Å². The van der Waals surface area contributed by atoms with E-state index in [1.807, 2.05) is 39.1 Å². The lowest BCUT2D eigenvalue weighted by molar-refractivity contribution is 0.0890. The maximum Gasteiger partial charge on any atom is 0.182 e. The van der Waals surface area contributed by atoms with Gasteiger partial charge in [0.2, 0.25) is 0 Å². The summed E-state index contributed by atoms with van der Waals surface area (Å²) in [5.74, 6) is 0.118. The summed E-state index contributed by atoms with van der Waals surface area (Å²) in [6, 6.07) is 12.2. The van der Waals surface area contributed by atoms with E-state index < -0.39 is 5.54 Å². The summed E-state index contributed by atoms with van der Waals surface area (Å²) in [6.07, 6.45) is 0. The molecule has 1 N–H and O–H groups in total. The molecule has 0 saturated carbocycles. The lowest BCUT2D eigenvalue weighted by Gasteiger charge is -2.22. The molecule has 2 aromatic carbocycles. The van der Waals surface area contributed by atoms with Crippen LogP contribution < -0.4 is 5.32 Å². The van der Waals surface area contributed by atoms with Crippen molar-refractivity contribution >= 4 is 16.6 Å². The largest absolute Gasteiger partial charge is 0.308 e. The number of hydrogen-bond donors (Lipinski definition) is 1. The van der Waals surface area contributed by atoms with Crippen LogP contribution in [0, 0.1) is 6.92 Å². The van der Waals surface area contributed by atoms with Gasteiger partial charge in [-0.05, 0) is 44.7 Å². The third-order valence-electron chi connectivity index (χ3n) is 3.45. The van der Waals surface area contributed by atoms with Crippen molar-refractivity contribution < 1.29 is 4.79 Å². The number of carbonyl (C=O) groups excluding carboxylic acids is 1. The van der Waals surface area contributed by atoms with Crippen LogP contribution in [0.3, 0.4) is 0 Å². The second-order valence-corrected chi connectivity index (χ2v) is 5.27. The minimum Gasteiger partial charge on any atom is -0.308 e. The van der Waals surface area contributed by atoms with Crippen molar-refractivity contribution in [3.05, 3.63) is 47.5 Å². The first-order valence-corrected chi connectivity index (χ1v) is 6.18. The third-order valence-corrected chi connectivity index (χ3v) is 3.45.